The summed E-state index contributed by atoms with van der Waals surface area (Å²) in [5.41, 5.74) is 1.27. The smallest absolute Gasteiger partial charge is 0.213 e. The van der Waals surface area contributed by atoms with Crippen molar-refractivity contribution in [2.24, 2.45) is 0 Å². The van der Waals surface area contributed by atoms with Crippen LogP contribution in [0.4, 0.5) is 0 Å². The second-order valence-electron chi connectivity index (χ2n) is 7.04. The van der Waals surface area contributed by atoms with E-state index in [4.69, 9.17) is 9.47 Å². The Labute approximate surface area is 149 Å². The normalized spacial score (nSPS) is 29.3. The van der Waals surface area contributed by atoms with Crippen molar-refractivity contribution in [2.75, 3.05) is 13.7 Å². The van der Waals surface area contributed by atoms with Crippen LogP contribution in [0.3, 0.4) is 0 Å². The van der Waals surface area contributed by atoms with Gasteiger partial charge in [0.2, 0.25) is 5.88 Å². The Bertz CT molecular complexity index is 682. The molecule has 1 saturated carbocycles. The number of nitrogens with zero attached hydrogens (tertiary/aromatic N) is 3. The zero-order valence-corrected chi connectivity index (χ0v) is 14.7. The summed E-state index contributed by atoms with van der Waals surface area (Å²) in [5.74, 6) is 0.719. The molecule has 2 aromatic heterocycles. The van der Waals surface area contributed by atoms with Crippen molar-refractivity contribution in [1.29, 1.82) is 0 Å². The van der Waals surface area contributed by atoms with Crippen molar-refractivity contribution in [3.63, 3.8) is 0 Å². The van der Waals surface area contributed by atoms with Crippen LogP contribution in [0.5, 0.6) is 5.88 Å². The van der Waals surface area contributed by atoms with Crippen molar-refractivity contribution >= 4 is 0 Å². The van der Waals surface area contributed by atoms with E-state index in [0.717, 1.165) is 44.7 Å². The summed E-state index contributed by atoms with van der Waals surface area (Å²) in [6.45, 7) is 2.01. The molecule has 3 heterocycles. The van der Waals surface area contributed by atoms with Gasteiger partial charge >= 0.3 is 0 Å². The number of hydrogen-bond donors (Lipinski definition) is 0. The lowest BCUT2D eigenvalue weighted by atomic mass is 9.79. The summed E-state index contributed by atoms with van der Waals surface area (Å²) in [6.07, 6.45) is 9.84. The van der Waals surface area contributed by atoms with E-state index < -0.39 is 0 Å². The minimum Gasteiger partial charge on any atom is -0.474 e. The van der Waals surface area contributed by atoms with Gasteiger partial charge in [0.15, 0.2) is 0 Å². The molecule has 1 aliphatic heterocycles. The molecule has 2 fully saturated rings. The average molecular weight is 339 g/mol. The summed E-state index contributed by atoms with van der Waals surface area (Å²) < 4.78 is 12.2. The quantitative estimate of drug-likeness (QED) is 0.838. The van der Waals surface area contributed by atoms with Gasteiger partial charge in [-0.15, -0.1) is 0 Å². The Morgan fingerprint density at radius 1 is 1.16 bits per heavy atom. The van der Waals surface area contributed by atoms with Crippen molar-refractivity contribution < 1.29 is 9.47 Å². The van der Waals surface area contributed by atoms with E-state index in [2.05, 4.69) is 27.0 Å². The maximum Gasteiger partial charge on any atom is 0.213 e. The molecule has 0 amide bonds. The van der Waals surface area contributed by atoms with E-state index >= 15 is 0 Å². The van der Waals surface area contributed by atoms with Crippen molar-refractivity contribution in [1.82, 2.24) is 14.9 Å². The molecular formula is C20H25N3O2. The van der Waals surface area contributed by atoms with Crippen molar-refractivity contribution in [3.8, 4) is 5.88 Å². The minimum absolute atomic E-state index is 0.0307. The number of likely N-dealkylation sites (tertiary alicyclic amines) is 1. The van der Waals surface area contributed by atoms with Crippen LogP contribution in [0, 0.1) is 0 Å². The predicted octanol–water partition coefficient (Wildman–Crippen LogP) is 3.07. The molecule has 0 spiro atoms. The summed E-state index contributed by atoms with van der Waals surface area (Å²) in [4.78, 5) is 11.0. The van der Waals surface area contributed by atoms with Gasteiger partial charge in [-0.05, 0) is 43.0 Å². The third-order valence-electron chi connectivity index (χ3n) is 5.71. The van der Waals surface area contributed by atoms with Gasteiger partial charge in [0.25, 0.3) is 0 Å². The van der Waals surface area contributed by atoms with E-state index in [1.165, 1.54) is 5.56 Å². The third-order valence-corrected chi connectivity index (χ3v) is 5.71. The summed E-state index contributed by atoms with van der Waals surface area (Å²) in [5, 5.41) is 0. The van der Waals surface area contributed by atoms with Crippen molar-refractivity contribution in [3.05, 3.63) is 54.5 Å². The molecule has 3 atom stereocenters. The van der Waals surface area contributed by atoms with Gasteiger partial charge in [-0.1, -0.05) is 6.07 Å². The molecule has 5 heteroatoms. The highest BCUT2D eigenvalue weighted by Gasteiger charge is 2.51. The maximum atomic E-state index is 6.15. The number of pyridine rings is 2. The summed E-state index contributed by atoms with van der Waals surface area (Å²) >= 11 is 0. The molecule has 132 valence electrons. The molecule has 0 aromatic carbocycles. The molecule has 25 heavy (non-hydrogen) atoms. The lowest BCUT2D eigenvalue weighted by Gasteiger charge is -2.43. The fourth-order valence-corrected chi connectivity index (χ4v) is 4.36. The Hall–Kier alpha value is -1.98. The highest BCUT2D eigenvalue weighted by molar-refractivity contribution is 5.14. The zero-order valence-electron chi connectivity index (χ0n) is 14.7. The maximum absolute atomic E-state index is 6.15. The second kappa shape index (κ2) is 7.10. The van der Waals surface area contributed by atoms with Gasteiger partial charge in [-0.2, -0.15) is 0 Å². The molecule has 0 N–H and O–H groups in total. The largest absolute Gasteiger partial charge is 0.474 e. The van der Waals surface area contributed by atoms with E-state index in [1.807, 2.05) is 37.7 Å². The lowest BCUT2D eigenvalue weighted by Crippen LogP contribution is -2.52. The van der Waals surface area contributed by atoms with Gasteiger partial charge in [-0.25, -0.2) is 4.98 Å². The van der Waals surface area contributed by atoms with E-state index in [1.54, 1.807) is 6.20 Å². The monoisotopic (exact) mass is 339 g/mol. The predicted molar refractivity (Wildman–Crippen MR) is 95.3 cm³/mol. The SMILES string of the molecule is CO[C@@]12CC[C@H](Oc3ccccn3)C[C@@H]1N(Cc1ccncc1)CC2. The molecule has 1 saturated heterocycles. The first kappa shape index (κ1) is 16.5. The molecule has 0 radical (unpaired) electrons. The first-order valence-corrected chi connectivity index (χ1v) is 9.05. The van der Waals surface area contributed by atoms with E-state index in [-0.39, 0.29) is 11.7 Å². The summed E-state index contributed by atoms with van der Waals surface area (Å²) in [7, 11) is 1.86. The van der Waals surface area contributed by atoms with Crippen LogP contribution in [0.25, 0.3) is 0 Å². The Morgan fingerprint density at radius 2 is 2.04 bits per heavy atom. The van der Waals surface area contributed by atoms with E-state index in [9.17, 15) is 0 Å². The van der Waals surface area contributed by atoms with Crippen LogP contribution < -0.4 is 4.74 Å². The van der Waals surface area contributed by atoms with Crippen LogP contribution in [0.1, 0.15) is 31.2 Å². The number of ether oxygens (including phenoxy) is 2. The molecule has 5 nitrogen and oxygen atoms in total. The zero-order chi connectivity index (χ0) is 17.1. The Balaban J connectivity index is 1.48. The van der Waals surface area contributed by atoms with Crippen LogP contribution in [0.2, 0.25) is 0 Å². The highest BCUT2D eigenvalue weighted by Crippen LogP contribution is 2.43. The van der Waals surface area contributed by atoms with Gasteiger partial charge < -0.3 is 9.47 Å². The first-order valence-electron chi connectivity index (χ1n) is 9.05. The van der Waals surface area contributed by atoms with Crippen LogP contribution in [0.15, 0.2) is 48.9 Å². The number of fused-ring (bicyclic) bond motifs is 1. The first-order chi connectivity index (χ1) is 12.3. The molecule has 1 aliphatic carbocycles. The van der Waals surface area contributed by atoms with Crippen molar-refractivity contribution in [2.45, 2.75) is 50.0 Å². The topological polar surface area (TPSA) is 47.5 Å². The number of rotatable bonds is 5. The van der Waals surface area contributed by atoms with Crippen LogP contribution >= 0.6 is 0 Å². The van der Waals surface area contributed by atoms with Gasteiger partial charge in [-0.3, -0.25) is 9.88 Å². The van der Waals surface area contributed by atoms with Crippen LogP contribution in [-0.2, 0) is 11.3 Å². The lowest BCUT2D eigenvalue weighted by molar-refractivity contribution is -0.0843. The number of methoxy groups -OCH3 is 1. The fraction of sp³-hybridized carbons (Fsp3) is 0.500. The van der Waals surface area contributed by atoms with Gasteiger partial charge in [0.1, 0.15) is 6.10 Å². The van der Waals surface area contributed by atoms with E-state index in [0.29, 0.717) is 6.04 Å². The van der Waals surface area contributed by atoms with Crippen LogP contribution in [-0.4, -0.2) is 46.3 Å². The Kier molecular flexibility index (Phi) is 4.68. The Morgan fingerprint density at radius 3 is 2.80 bits per heavy atom. The van der Waals surface area contributed by atoms with Gasteiger partial charge in [0, 0.05) is 57.3 Å². The molecule has 2 aromatic rings. The number of hydrogen-bond acceptors (Lipinski definition) is 5. The standard InChI is InChI=1S/C20H25N3O2/c1-24-20-8-5-17(25-19-4-2-3-10-22-19)14-18(20)23(13-9-20)15-16-6-11-21-12-7-16/h2-4,6-7,10-12,17-18H,5,8-9,13-15H2,1H3/t17-,18-,20+/m0/s1. The summed E-state index contributed by atoms with van der Waals surface area (Å²) in [6, 6.07) is 10.4. The minimum atomic E-state index is -0.0307. The molecule has 0 bridgehead atoms. The number of aromatic nitrogens is 2. The molecule has 2 aliphatic rings. The third kappa shape index (κ3) is 3.39. The van der Waals surface area contributed by atoms with Gasteiger partial charge in [0.05, 0.1) is 5.60 Å². The fourth-order valence-electron chi connectivity index (χ4n) is 4.36. The molecular weight excluding hydrogens is 314 g/mol. The average Bonchev–Trinajstić information content (AvgIpc) is 3.02. The second-order valence-corrected chi connectivity index (χ2v) is 7.04. The molecule has 0 unspecified atom stereocenters. The molecule has 4 rings (SSSR count). The highest BCUT2D eigenvalue weighted by atomic mass is 16.5.